The maximum Gasteiger partial charge on any atom is 0.272 e. The molecule has 2 heterocycles. The number of amides is 1. The highest BCUT2D eigenvalue weighted by molar-refractivity contribution is 7.99. The van der Waals surface area contributed by atoms with Crippen molar-refractivity contribution in [1.82, 2.24) is 14.7 Å². The molecule has 1 saturated heterocycles. The number of carbonyl (C=O) groups excluding carboxylic acids is 1. The van der Waals surface area contributed by atoms with Crippen LogP contribution in [-0.2, 0) is 7.05 Å². The molecule has 1 atom stereocenters. The van der Waals surface area contributed by atoms with E-state index in [-0.39, 0.29) is 5.91 Å². The lowest BCUT2D eigenvalue weighted by Gasteiger charge is -2.20. The van der Waals surface area contributed by atoms with Crippen molar-refractivity contribution in [2.45, 2.75) is 11.7 Å². The summed E-state index contributed by atoms with van der Waals surface area (Å²) in [5, 5.41) is 5.66. The molecule has 1 aromatic heterocycles. The second kappa shape index (κ2) is 9.14. The Kier molecular flexibility index (Phi) is 6.35. The van der Waals surface area contributed by atoms with E-state index in [1.807, 2.05) is 72.2 Å². The Morgan fingerprint density at radius 1 is 1.17 bits per heavy atom. The van der Waals surface area contributed by atoms with Gasteiger partial charge in [0.2, 0.25) is 0 Å². The Balaban J connectivity index is 1.51. The summed E-state index contributed by atoms with van der Waals surface area (Å²) in [4.78, 5) is 15.2. The third-order valence-electron chi connectivity index (χ3n) is 5.35. The molecule has 0 spiro atoms. The highest BCUT2D eigenvalue weighted by atomic mass is 35.5. The van der Waals surface area contributed by atoms with Crippen molar-refractivity contribution in [2.24, 2.45) is 7.05 Å². The fourth-order valence-electron chi connectivity index (χ4n) is 3.71. The minimum Gasteiger partial charge on any atom is -0.497 e. The monoisotopic (exact) mass is 441 g/mol. The van der Waals surface area contributed by atoms with Gasteiger partial charge in [0.05, 0.1) is 12.8 Å². The molecule has 4 rings (SSSR count). The summed E-state index contributed by atoms with van der Waals surface area (Å²) in [5.74, 6) is 1.66. The zero-order chi connectivity index (χ0) is 21.1. The van der Waals surface area contributed by atoms with E-state index in [0.29, 0.717) is 24.0 Å². The predicted molar refractivity (Wildman–Crippen MR) is 122 cm³/mol. The quantitative estimate of drug-likeness (QED) is 0.567. The van der Waals surface area contributed by atoms with Gasteiger partial charge in [0.25, 0.3) is 5.91 Å². The summed E-state index contributed by atoms with van der Waals surface area (Å²) < 4.78 is 6.97. The van der Waals surface area contributed by atoms with E-state index >= 15 is 0 Å². The van der Waals surface area contributed by atoms with Crippen LogP contribution in [0.5, 0.6) is 5.75 Å². The molecule has 0 bridgehead atoms. The number of benzene rings is 2. The Bertz CT molecular complexity index is 1050. The molecule has 2 aromatic carbocycles. The number of halogens is 1. The summed E-state index contributed by atoms with van der Waals surface area (Å²) in [7, 11) is 3.45. The summed E-state index contributed by atoms with van der Waals surface area (Å²) in [6, 6.07) is 17.6. The highest BCUT2D eigenvalue weighted by Crippen LogP contribution is 2.38. The van der Waals surface area contributed by atoms with Crippen LogP contribution < -0.4 is 4.74 Å². The standard InChI is InChI=1S/C23H24ClN3O2S/c1-26-21(15-20(25-26)16-6-5-7-17(14-16)29-2)23(28)27-11-10-22(30-13-12-27)18-8-3-4-9-19(18)24/h3-9,14-15,22H,10-13H2,1-2H3/t22-/m1/s1. The average molecular weight is 442 g/mol. The summed E-state index contributed by atoms with van der Waals surface area (Å²) >= 11 is 8.26. The van der Waals surface area contributed by atoms with Crippen molar-refractivity contribution in [1.29, 1.82) is 0 Å². The molecule has 7 heteroatoms. The molecular formula is C23H24ClN3O2S. The van der Waals surface area contributed by atoms with E-state index in [0.717, 1.165) is 39.8 Å². The lowest BCUT2D eigenvalue weighted by Crippen LogP contribution is -2.34. The Labute approximate surface area is 186 Å². The first-order valence-corrected chi connectivity index (χ1v) is 11.3. The van der Waals surface area contributed by atoms with Gasteiger partial charge in [-0.2, -0.15) is 16.9 Å². The molecule has 0 radical (unpaired) electrons. The molecule has 1 aliphatic rings. The van der Waals surface area contributed by atoms with Gasteiger partial charge in [0.1, 0.15) is 11.4 Å². The number of rotatable bonds is 4. The maximum atomic E-state index is 13.3. The van der Waals surface area contributed by atoms with E-state index in [4.69, 9.17) is 16.3 Å². The molecule has 1 fully saturated rings. The van der Waals surface area contributed by atoms with Crippen molar-refractivity contribution in [2.75, 3.05) is 26.0 Å². The molecular weight excluding hydrogens is 418 g/mol. The first-order chi connectivity index (χ1) is 14.6. The van der Waals surface area contributed by atoms with Crippen LogP contribution in [0.15, 0.2) is 54.6 Å². The van der Waals surface area contributed by atoms with E-state index in [1.54, 1.807) is 11.8 Å². The molecule has 1 aliphatic heterocycles. The van der Waals surface area contributed by atoms with Crippen LogP contribution in [-0.4, -0.2) is 46.5 Å². The summed E-state index contributed by atoms with van der Waals surface area (Å²) in [5.41, 5.74) is 3.43. The molecule has 0 aliphatic carbocycles. The number of aryl methyl sites for hydroxylation is 1. The van der Waals surface area contributed by atoms with Gasteiger partial charge in [0, 0.05) is 41.7 Å². The number of hydrogen-bond donors (Lipinski definition) is 0. The third-order valence-corrected chi connectivity index (χ3v) is 7.00. The molecule has 1 amide bonds. The van der Waals surface area contributed by atoms with Crippen molar-refractivity contribution in [3.8, 4) is 17.0 Å². The van der Waals surface area contributed by atoms with Crippen LogP contribution in [0.25, 0.3) is 11.3 Å². The van der Waals surface area contributed by atoms with Crippen molar-refractivity contribution < 1.29 is 9.53 Å². The summed E-state index contributed by atoms with van der Waals surface area (Å²) in [6.07, 6.45) is 0.876. The van der Waals surface area contributed by atoms with E-state index in [9.17, 15) is 4.79 Å². The minimum atomic E-state index is 0.0135. The largest absolute Gasteiger partial charge is 0.497 e. The average Bonchev–Trinajstić information content (AvgIpc) is 2.99. The molecule has 30 heavy (non-hydrogen) atoms. The zero-order valence-electron chi connectivity index (χ0n) is 17.0. The molecule has 0 N–H and O–H groups in total. The van der Waals surface area contributed by atoms with Crippen LogP contribution in [0.4, 0.5) is 0 Å². The number of ether oxygens (including phenoxy) is 1. The van der Waals surface area contributed by atoms with Crippen molar-refractivity contribution in [3.05, 3.63) is 70.9 Å². The Morgan fingerprint density at radius 3 is 2.80 bits per heavy atom. The van der Waals surface area contributed by atoms with Crippen molar-refractivity contribution >= 4 is 29.3 Å². The molecule has 3 aromatic rings. The van der Waals surface area contributed by atoms with Crippen LogP contribution in [0.2, 0.25) is 5.02 Å². The highest BCUT2D eigenvalue weighted by Gasteiger charge is 2.26. The van der Waals surface area contributed by atoms with E-state index in [1.165, 1.54) is 0 Å². The fraction of sp³-hybridized carbons (Fsp3) is 0.304. The Hall–Kier alpha value is -2.44. The number of thioether (sulfide) groups is 1. The topological polar surface area (TPSA) is 47.4 Å². The van der Waals surface area contributed by atoms with E-state index < -0.39 is 0 Å². The lowest BCUT2D eigenvalue weighted by molar-refractivity contribution is 0.0755. The number of methoxy groups -OCH3 is 1. The smallest absolute Gasteiger partial charge is 0.272 e. The number of hydrogen-bond acceptors (Lipinski definition) is 4. The lowest BCUT2D eigenvalue weighted by atomic mass is 10.1. The number of carbonyl (C=O) groups is 1. The number of aromatic nitrogens is 2. The van der Waals surface area contributed by atoms with Gasteiger partial charge < -0.3 is 9.64 Å². The van der Waals surface area contributed by atoms with Gasteiger partial charge in [0.15, 0.2) is 0 Å². The summed E-state index contributed by atoms with van der Waals surface area (Å²) in [6.45, 7) is 1.41. The number of nitrogens with zero attached hydrogens (tertiary/aromatic N) is 3. The SMILES string of the molecule is COc1cccc(-c2cc(C(=O)N3CCS[C@@H](c4ccccc4Cl)CC3)n(C)n2)c1. The van der Waals surface area contributed by atoms with Crippen molar-refractivity contribution in [3.63, 3.8) is 0 Å². The molecule has 0 unspecified atom stereocenters. The fourth-order valence-corrected chi connectivity index (χ4v) is 5.31. The molecule has 156 valence electrons. The van der Waals surface area contributed by atoms with Crippen LogP contribution in [0.1, 0.15) is 27.7 Å². The second-order valence-corrected chi connectivity index (χ2v) is 8.95. The van der Waals surface area contributed by atoms with Crippen LogP contribution in [0.3, 0.4) is 0 Å². The Morgan fingerprint density at radius 2 is 2.00 bits per heavy atom. The molecule has 0 saturated carbocycles. The first-order valence-electron chi connectivity index (χ1n) is 9.90. The van der Waals surface area contributed by atoms with Gasteiger partial charge in [-0.25, -0.2) is 0 Å². The van der Waals surface area contributed by atoms with Gasteiger partial charge >= 0.3 is 0 Å². The first kappa shape index (κ1) is 20.8. The maximum absolute atomic E-state index is 13.3. The zero-order valence-corrected chi connectivity index (χ0v) is 18.6. The van der Waals surface area contributed by atoms with Gasteiger partial charge in [-0.05, 0) is 36.2 Å². The predicted octanol–water partition coefficient (Wildman–Crippen LogP) is 5.07. The normalized spacial score (nSPS) is 16.9. The molecule has 5 nitrogen and oxygen atoms in total. The van der Waals surface area contributed by atoms with E-state index in [2.05, 4.69) is 11.2 Å². The van der Waals surface area contributed by atoms with Gasteiger partial charge in [-0.15, -0.1) is 0 Å². The van der Waals surface area contributed by atoms with Gasteiger partial charge in [-0.3, -0.25) is 9.48 Å². The van der Waals surface area contributed by atoms with Crippen LogP contribution in [0, 0.1) is 0 Å². The van der Waals surface area contributed by atoms with Crippen LogP contribution >= 0.6 is 23.4 Å². The second-order valence-electron chi connectivity index (χ2n) is 7.23. The van der Waals surface area contributed by atoms with Gasteiger partial charge in [-0.1, -0.05) is 41.9 Å². The minimum absolute atomic E-state index is 0.0135. The third kappa shape index (κ3) is 4.35.